The van der Waals surface area contributed by atoms with E-state index in [9.17, 15) is 18.6 Å². The lowest BCUT2D eigenvalue weighted by Gasteiger charge is -2.41. The van der Waals surface area contributed by atoms with Crippen LogP contribution in [0.5, 0.6) is 0 Å². The molecule has 0 amide bonds. The summed E-state index contributed by atoms with van der Waals surface area (Å²) in [6.07, 6.45) is -0.955. The number of hydrogen-bond donors (Lipinski definition) is 3. The van der Waals surface area contributed by atoms with Crippen molar-refractivity contribution >= 4 is 15.7 Å². The monoisotopic (exact) mass is 385 g/mol. The van der Waals surface area contributed by atoms with Crippen LogP contribution in [0.1, 0.15) is 0 Å². The van der Waals surface area contributed by atoms with E-state index in [4.69, 9.17) is 4.74 Å². The van der Waals surface area contributed by atoms with Crippen molar-refractivity contribution in [2.24, 2.45) is 0 Å². The Balaban J connectivity index is 1.65. The van der Waals surface area contributed by atoms with Gasteiger partial charge in [0.1, 0.15) is 12.2 Å². The zero-order valence-corrected chi connectivity index (χ0v) is 15.7. The highest BCUT2D eigenvalue weighted by atomic mass is 32.2. The molecule has 0 aromatic heterocycles. The van der Waals surface area contributed by atoms with Gasteiger partial charge in [0.25, 0.3) is 0 Å². The maximum absolute atomic E-state index is 11.4. The maximum Gasteiger partial charge on any atom is 0.208 e. The van der Waals surface area contributed by atoms with Crippen LogP contribution >= 0.6 is 0 Å². The molecule has 0 aliphatic carbocycles. The number of nitrogens with one attached hydrogen (secondary N) is 1. The quantitative estimate of drug-likeness (QED) is 0.568. The summed E-state index contributed by atoms with van der Waals surface area (Å²) >= 11 is 0. The number of benzene rings is 1. The van der Waals surface area contributed by atoms with Gasteiger partial charge in [-0.3, -0.25) is 4.90 Å². The molecule has 2 saturated heterocycles. The van der Waals surface area contributed by atoms with E-state index >= 15 is 0 Å². The molecule has 146 valence electrons. The predicted molar refractivity (Wildman–Crippen MR) is 98.6 cm³/mol. The molecule has 0 spiro atoms. The number of sulfonamides is 1. The number of rotatable bonds is 6. The van der Waals surface area contributed by atoms with E-state index in [0.29, 0.717) is 0 Å². The number of para-hydroxylation sites is 1. The van der Waals surface area contributed by atoms with Gasteiger partial charge in [0.2, 0.25) is 10.0 Å². The molecule has 4 atom stereocenters. The minimum atomic E-state index is -3.35. The van der Waals surface area contributed by atoms with Gasteiger partial charge in [-0.2, -0.15) is 0 Å². The Hall–Kier alpha value is -1.23. The number of aliphatic hydroxyl groups is 2. The average molecular weight is 385 g/mol. The first-order valence-corrected chi connectivity index (χ1v) is 10.7. The van der Waals surface area contributed by atoms with Crippen molar-refractivity contribution in [2.75, 3.05) is 50.5 Å². The van der Waals surface area contributed by atoms with Crippen molar-refractivity contribution in [1.29, 1.82) is 0 Å². The van der Waals surface area contributed by atoms with E-state index in [-0.39, 0.29) is 19.2 Å². The van der Waals surface area contributed by atoms with Crippen LogP contribution in [0.2, 0.25) is 0 Å². The first-order chi connectivity index (χ1) is 12.4. The first kappa shape index (κ1) is 19.5. The largest absolute Gasteiger partial charge is 0.394 e. The highest BCUT2D eigenvalue weighted by molar-refractivity contribution is 7.88. The van der Waals surface area contributed by atoms with Gasteiger partial charge in [-0.15, -0.1) is 0 Å². The lowest BCUT2D eigenvalue weighted by Crippen LogP contribution is -2.57. The maximum atomic E-state index is 11.4. The van der Waals surface area contributed by atoms with Gasteiger partial charge in [-0.1, -0.05) is 18.2 Å². The minimum Gasteiger partial charge on any atom is -0.394 e. The molecule has 8 nitrogen and oxygen atoms in total. The summed E-state index contributed by atoms with van der Waals surface area (Å²) < 4.78 is 31.0. The van der Waals surface area contributed by atoms with E-state index in [0.717, 1.165) is 32.4 Å². The fraction of sp³-hybridized carbons (Fsp3) is 0.647. The fourth-order valence-electron chi connectivity index (χ4n) is 3.75. The van der Waals surface area contributed by atoms with Gasteiger partial charge in [0.05, 0.1) is 25.0 Å². The van der Waals surface area contributed by atoms with Crippen molar-refractivity contribution in [1.82, 2.24) is 9.62 Å². The second-order valence-electron chi connectivity index (χ2n) is 6.86. The van der Waals surface area contributed by atoms with Crippen molar-refractivity contribution in [3.05, 3.63) is 30.3 Å². The number of nitrogens with zero attached hydrogens (tertiary/aromatic N) is 2. The third-order valence-electron chi connectivity index (χ3n) is 5.05. The fourth-order valence-corrected chi connectivity index (χ4v) is 4.21. The van der Waals surface area contributed by atoms with E-state index in [1.165, 1.54) is 5.69 Å². The molecule has 0 saturated carbocycles. The van der Waals surface area contributed by atoms with Crippen molar-refractivity contribution in [2.45, 2.75) is 24.4 Å². The summed E-state index contributed by atoms with van der Waals surface area (Å²) in [6, 6.07) is 9.80. The zero-order chi connectivity index (χ0) is 18.7. The van der Waals surface area contributed by atoms with Crippen LogP contribution in [0.15, 0.2) is 30.3 Å². The van der Waals surface area contributed by atoms with Gasteiger partial charge in [-0.05, 0) is 12.1 Å². The van der Waals surface area contributed by atoms with Crippen LogP contribution < -0.4 is 9.62 Å². The molecule has 1 aromatic rings. The normalized spacial score (nSPS) is 30.7. The molecular formula is C17H27N3O5S. The van der Waals surface area contributed by atoms with E-state index in [2.05, 4.69) is 26.7 Å². The van der Waals surface area contributed by atoms with Crippen LogP contribution in [0.4, 0.5) is 5.69 Å². The van der Waals surface area contributed by atoms with Gasteiger partial charge < -0.3 is 19.8 Å². The Kier molecular flexibility index (Phi) is 6.16. The summed E-state index contributed by atoms with van der Waals surface area (Å²) in [5.74, 6) is 0. The highest BCUT2D eigenvalue weighted by Gasteiger charge is 2.46. The number of anilines is 1. The molecule has 0 bridgehead atoms. The molecular weight excluding hydrogens is 358 g/mol. The van der Waals surface area contributed by atoms with Gasteiger partial charge in [0, 0.05) is 38.4 Å². The Morgan fingerprint density at radius 3 is 2.38 bits per heavy atom. The Labute approximate surface area is 154 Å². The predicted octanol–water partition coefficient (Wildman–Crippen LogP) is -1.15. The molecule has 2 aliphatic rings. The summed E-state index contributed by atoms with van der Waals surface area (Å²) in [7, 11) is -3.35. The number of aliphatic hydroxyl groups excluding tert-OH is 2. The van der Waals surface area contributed by atoms with Crippen LogP contribution in [-0.4, -0.2) is 93.5 Å². The SMILES string of the molecule is CS(=O)(=O)NC[C@@H]1O[C@@H](CO)[C@@H](O)[C@H]1N1CCN(c2ccccc2)CC1. The molecule has 2 fully saturated rings. The van der Waals surface area contributed by atoms with Crippen molar-refractivity contribution < 1.29 is 23.4 Å². The molecule has 0 radical (unpaired) electrons. The topological polar surface area (TPSA) is 102 Å². The highest BCUT2D eigenvalue weighted by Crippen LogP contribution is 2.27. The number of piperazine rings is 1. The second-order valence-corrected chi connectivity index (χ2v) is 8.69. The lowest BCUT2D eigenvalue weighted by molar-refractivity contribution is -0.0201. The summed E-state index contributed by atoms with van der Waals surface area (Å²) in [4.78, 5) is 4.42. The molecule has 0 unspecified atom stereocenters. The third-order valence-corrected chi connectivity index (χ3v) is 5.74. The van der Waals surface area contributed by atoms with Crippen LogP contribution in [-0.2, 0) is 14.8 Å². The minimum absolute atomic E-state index is 0.0793. The standard InChI is InChI=1S/C17H27N3O5S/c1-26(23,24)18-11-14-16(17(22)15(12-21)25-14)20-9-7-19(8-10-20)13-5-3-2-4-6-13/h2-6,14-18,21-22H,7-12H2,1H3/t14-,15-,16-,17+/m0/s1. The molecule has 9 heteroatoms. The Morgan fingerprint density at radius 1 is 1.15 bits per heavy atom. The molecule has 3 rings (SSSR count). The Bertz CT molecular complexity index is 679. The smallest absolute Gasteiger partial charge is 0.208 e. The Morgan fingerprint density at radius 2 is 1.81 bits per heavy atom. The zero-order valence-electron chi connectivity index (χ0n) is 14.9. The van der Waals surface area contributed by atoms with E-state index < -0.39 is 28.3 Å². The molecule has 2 heterocycles. The van der Waals surface area contributed by atoms with Crippen molar-refractivity contribution in [3.63, 3.8) is 0 Å². The van der Waals surface area contributed by atoms with Crippen molar-refractivity contribution in [3.8, 4) is 0 Å². The molecule has 26 heavy (non-hydrogen) atoms. The van der Waals surface area contributed by atoms with Gasteiger partial charge in [0.15, 0.2) is 0 Å². The molecule has 2 aliphatic heterocycles. The number of hydrogen-bond acceptors (Lipinski definition) is 7. The van der Waals surface area contributed by atoms with E-state index in [1.54, 1.807) is 0 Å². The average Bonchev–Trinajstić information content (AvgIpc) is 2.96. The summed E-state index contributed by atoms with van der Waals surface area (Å²) in [5.41, 5.74) is 1.17. The second kappa shape index (κ2) is 8.20. The van der Waals surface area contributed by atoms with Crippen LogP contribution in [0.3, 0.4) is 0 Å². The van der Waals surface area contributed by atoms with Gasteiger partial charge in [-0.25, -0.2) is 13.1 Å². The number of ether oxygens (including phenoxy) is 1. The van der Waals surface area contributed by atoms with E-state index in [1.807, 2.05) is 18.2 Å². The first-order valence-electron chi connectivity index (χ1n) is 8.82. The summed E-state index contributed by atoms with van der Waals surface area (Å²) in [5, 5.41) is 20.0. The molecule has 3 N–H and O–H groups in total. The van der Waals surface area contributed by atoms with Gasteiger partial charge >= 0.3 is 0 Å². The third kappa shape index (κ3) is 4.54. The lowest BCUT2D eigenvalue weighted by atomic mass is 10.0. The molecule has 1 aromatic carbocycles. The summed E-state index contributed by atoms with van der Waals surface area (Å²) in [6.45, 7) is 2.86. The van der Waals surface area contributed by atoms with Crippen LogP contribution in [0, 0.1) is 0 Å². The van der Waals surface area contributed by atoms with Crippen LogP contribution in [0.25, 0.3) is 0 Å².